The zero-order chi connectivity index (χ0) is 21.6. The van der Waals surface area contributed by atoms with Crippen LogP contribution in [0.15, 0.2) is 24.4 Å². The summed E-state index contributed by atoms with van der Waals surface area (Å²) in [5.41, 5.74) is 6.47. The zero-order valence-corrected chi connectivity index (χ0v) is 16.9. The van der Waals surface area contributed by atoms with Gasteiger partial charge in [0, 0.05) is 18.0 Å². The minimum atomic E-state index is -3.86. The van der Waals surface area contributed by atoms with E-state index in [4.69, 9.17) is 10.5 Å². The molecule has 2 aliphatic rings. The first-order valence-corrected chi connectivity index (χ1v) is 11.0. The van der Waals surface area contributed by atoms with E-state index >= 15 is 0 Å². The van der Waals surface area contributed by atoms with Crippen LogP contribution in [0.25, 0.3) is 11.4 Å². The van der Waals surface area contributed by atoms with Crippen LogP contribution in [0.4, 0.5) is 20.3 Å². The van der Waals surface area contributed by atoms with Crippen molar-refractivity contribution in [3.63, 3.8) is 0 Å². The molecule has 1 saturated heterocycles. The Morgan fingerprint density at radius 3 is 2.87 bits per heavy atom. The molecule has 1 aromatic heterocycles. The standard InChI is InChI=1S/C18H21F2N5O4S/c1-10(17(21)26)22-11-2-3-12-14(8-11)29-6-5-24-9-15(23-18(12)24)25-13(16(19)20)4-7-30(25,27)28/h2-3,8-10,13,16,22H,4-7H2,1H3,(H2,21,26)/t10-,13-/m0/s1. The van der Waals surface area contributed by atoms with Gasteiger partial charge in [-0.3, -0.25) is 4.79 Å². The van der Waals surface area contributed by atoms with E-state index < -0.39 is 34.4 Å². The lowest BCUT2D eigenvalue weighted by molar-refractivity contribution is -0.118. The van der Waals surface area contributed by atoms with Gasteiger partial charge in [0.25, 0.3) is 6.43 Å². The number of sulfonamides is 1. The molecule has 3 heterocycles. The number of hydrogen-bond acceptors (Lipinski definition) is 6. The van der Waals surface area contributed by atoms with Gasteiger partial charge in [-0.2, -0.15) is 0 Å². The summed E-state index contributed by atoms with van der Waals surface area (Å²) in [6.07, 6.45) is -1.48. The van der Waals surface area contributed by atoms with Crippen molar-refractivity contribution in [1.29, 1.82) is 0 Å². The number of aromatic nitrogens is 2. The van der Waals surface area contributed by atoms with Gasteiger partial charge in [0.1, 0.15) is 30.3 Å². The lowest BCUT2D eigenvalue weighted by atomic mass is 10.1. The number of amides is 1. The maximum absolute atomic E-state index is 13.4. The second-order valence-electron chi connectivity index (χ2n) is 7.25. The summed E-state index contributed by atoms with van der Waals surface area (Å²) in [5.74, 6) is 0.0257. The lowest BCUT2D eigenvalue weighted by Crippen LogP contribution is -2.38. The van der Waals surface area contributed by atoms with E-state index in [-0.39, 0.29) is 24.6 Å². The Hall–Kier alpha value is -2.89. The number of rotatable bonds is 5. The van der Waals surface area contributed by atoms with Crippen molar-refractivity contribution in [1.82, 2.24) is 9.55 Å². The van der Waals surface area contributed by atoms with Crippen LogP contribution < -0.4 is 20.1 Å². The molecule has 1 amide bonds. The molecule has 9 nitrogen and oxygen atoms in total. The number of nitrogens with two attached hydrogens (primary N) is 1. The smallest absolute Gasteiger partial charge is 0.259 e. The van der Waals surface area contributed by atoms with E-state index in [1.54, 1.807) is 29.7 Å². The third-order valence-electron chi connectivity index (χ3n) is 5.18. The van der Waals surface area contributed by atoms with Gasteiger partial charge in [0.2, 0.25) is 15.9 Å². The van der Waals surface area contributed by atoms with E-state index in [2.05, 4.69) is 10.3 Å². The Bertz CT molecular complexity index is 1090. The first kappa shape index (κ1) is 20.4. The molecule has 12 heteroatoms. The highest BCUT2D eigenvalue weighted by Crippen LogP contribution is 2.38. The largest absolute Gasteiger partial charge is 0.491 e. The minimum absolute atomic E-state index is 0.0230. The Labute approximate surface area is 171 Å². The van der Waals surface area contributed by atoms with Gasteiger partial charge < -0.3 is 20.4 Å². The molecule has 1 aromatic carbocycles. The first-order valence-electron chi connectivity index (χ1n) is 9.38. The molecule has 30 heavy (non-hydrogen) atoms. The summed E-state index contributed by atoms with van der Waals surface area (Å²) in [4.78, 5) is 15.7. The van der Waals surface area contributed by atoms with Crippen LogP contribution >= 0.6 is 0 Å². The molecule has 0 aliphatic carbocycles. The van der Waals surface area contributed by atoms with Crippen molar-refractivity contribution in [2.75, 3.05) is 22.0 Å². The third kappa shape index (κ3) is 3.55. The first-order chi connectivity index (χ1) is 14.2. The van der Waals surface area contributed by atoms with Crippen molar-refractivity contribution >= 4 is 27.4 Å². The van der Waals surface area contributed by atoms with Crippen LogP contribution in [0, 0.1) is 0 Å². The fourth-order valence-electron chi connectivity index (χ4n) is 3.62. The predicted octanol–water partition coefficient (Wildman–Crippen LogP) is 1.40. The van der Waals surface area contributed by atoms with Crippen LogP contribution in [-0.4, -0.2) is 54.7 Å². The monoisotopic (exact) mass is 441 g/mol. The highest BCUT2D eigenvalue weighted by Gasteiger charge is 2.44. The maximum Gasteiger partial charge on any atom is 0.259 e. The number of fused-ring (bicyclic) bond motifs is 3. The number of halogens is 2. The van der Waals surface area contributed by atoms with Gasteiger partial charge in [-0.05, 0) is 25.5 Å². The van der Waals surface area contributed by atoms with Crippen LogP contribution in [0.3, 0.4) is 0 Å². The van der Waals surface area contributed by atoms with Gasteiger partial charge in [0.15, 0.2) is 5.82 Å². The summed E-state index contributed by atoms with van der Waals surface area (Å²) in [6, 6.07) is 3.09. The molecule has 0 unspecified atom stereocenters. The van der Waals surface area contributed by atoms with Crippen molar-refractivity contribution in [2.45, 2.75) is 38.4 Å². The van der Waals surface area contributed by atoms with Crippen molar-refractivity contribution in [2.24, 2.45) is 5.73 Å². The Morgan fingerprint density at radius 1 is 1.40 bits per heavy atom. The van der Waals surface area contributed by atoms with E-state index in [1.165, 1.54) is 6.20 Å². The summed E-state index contributed by atoms with van der Waals surface area (Å²) in [7, 11) is -3.86. The van der Waals surface area contributed by atoms with E-state index in [0.717, 1.165) is 4.31 Å². The minimum Gasteiger partial charge on any atom is -0.491 e. The fourth-order valence-corrected chi connectivity index (χ4v) is 5.34. The van der Waals surface area contributed by atoms with Gasteiger partial charge >= 0.3 is 0 Å². The van der Waals surface area contributed by atoms with Crippen LogP contribution in [0.2, 0.25) is 0 Å². The quantitative estimate of drug-likeness (QED) is 0.724. The van der Waals surface area contributed by atoms with E-state index in [0.29, 0.717) is 29.4 Å². The summed E-state index contributed by atoms with van der Waals surface area (Å²) in [5, 5.41) is 2.96. The van der Waals surface area contributed by atoms with Crippen molar-refractivity contribution in [3.8, 4) is 17.1 Å². The SMILES string of the molecule is C[C@H](Nc1ccc2c(c1)OCCn1cc(N3[C@H](C(F)F)CCS3(=O)=O)nc1-2)C(N)=O. The number of primary amides is 1. The molecule has 0 saturated carbocycles. The Morgan fingerprint density at radius 2 is 2.17 bits per heavy atom. The molecule has 162 valence electrons. The molecule has 0 spiro atoms. The second-order valence-corrected chi connectivity index (χ2v) is 9.21. The second kappa shape index (κ2) is 7.42. The number of benzene rings is 1. The molecular weight excluding hydrogens is 420 g/mol. The molecule has 1 fully saturated rings. The van der Waals surface area contributed by atoms with E-state index in [9.17, 15) is 22.0 Å². The van der Waals surface area contributed by atoms with Gasteiger partial charge in [-0.1, -0.05) is 0 Å². The maximum atomic E-state index is 13.4. The van der Waals surface area contributed by atoms with Crippen LogP contribution in [0.1, 0.15) is 13.3 Å². The third-order valence-corrected chi connectivity index (χ3v) is 6.98. The predicted molar refractivity (Wildman–Crippen MR) is 106 cm³/mol. The molecule has 2 atom stereocenters. The number of ether oxygens (including phenoxy) is 1. The van der Waals surface area contributed by atoms with Crippen LogP contribution in [0.5, 0.6) is 5.75 Å². The summed E-state index contributed by atoms with van der Waals surface area (Å²) >= 11 is 0. The van der Waals surface area contributed by atoms with Crippen molar-refractivity contribution in [3.05, 3.63) is 24.4 Å². The Balaban J connectivity index is 1.72. The normalized spacial score (nSPS) is 20.8. The summed E-state index contributed by atoms with van der Waals surface area (Å²) in [6.45, 7) is 2.27. The average Bonchev–Trinajstić information content (AvgIpc) is 3.17. The average molecular weight is 441 g/mol. The van der Waals surface area contributed by atoms with Gasteiger partial charge in [-0.25, -0.2) is 26.5 Å². The van der Waals surface area contributed by atoms with Crippen LogP contribution in [-0.2, 0) is 21.4 Å². The number of nitrogens with one attached hydrogen (secondary N) is 1. The number of carbonyl (C=O) groups is 1. The van der Waals surface area contributed by atoms with Gasteiger partial charge in [0.05, 0.1) is 17.9 Å². The molecular formula is C18H21F2N5O4S. The van der Waals surface area contributed by atoms with E-state index in [1.807, 2.05) is 0 Å². The number of anilines is 2. The molecule has 2 aliphatic heterocycles. The lowest BCUT2D eigenvalue weighted by Gasteiger charge is -2.22. The highest BCUT2D eigenvalue weighted by atomic mass is 32.2. The zero-order valence-electron chi connectivity index (χ0n) is 16.1. The van der Waals surface area contributed by atoms with Gasteiger partial charge in [-0.15, -0.1) is 0 Å². The number of alkyl halides is 2. The molecule has 0 bridgehead atoms. The molecule has 2 aromatic rings. The highest BCUT2D eigenvalue weighted by molar-refractivity contribution is 7.93. The van der Waals surface area contributed by atoms with Crippen molar-refractivity contribution < 1.29 is 26.7 Å². The Kier molecular flexibility index (Phi) is 5.04. The summed E-state index contributed by atoms with van der Waals surface area (Å²) < 4.78 is 59.8. The fraction of sp³-hybridized carbons (Fsp3) is 0.444. The number of imidazole rings is 1. The number of carbonyl (C=O) groups excluding carboxylic acids is 1. The topological polar surface area (TPSA) is 120 Å². The number of nitrogens with zero attached hydrogens (tertiary/aromatic N) is 3. The molecule has 0 radical (unpaired) electrons. The number of hydrogen-bond donors (Lipinski definition) is 2. The molecule has 3 N–H and O–H groups in total. The molecule has 4 rings (SSSR count).